The monoisotopic (exact) mass is 218 g/mol. The van der Waals surface area contributed by atoms with E-state index in [1.165, 1.54) is 18.4 Å². The minimum atomic E-state index is 0.176. The van der Waals surface area contributed by atoms with Gasteiger partial charge in [-0.2, -0.15) is 0 Å². The van der Waals surface area contributed by atoms with Gasteiger partial charge in [-0.25, -0.2) is 0 Å². The fraction of sp³-hybridized carbons (Fsp3) is 0.667. The molecule has 0 amide bonds. The molecule has 1 spiro atoms. The van der Waals surface area contributed by atoms with Crippen LogP contribution >= 0.6 is 0 Å². The normalized spacial score (nSPS) is 34.5. The molecule has 0 N–H and O–H groups in total. The predicted octanol–water partition coefficient (Wildman–Crippen LogP) is 4.05. The van der Waals surface area contributed by atoms with E-state index < -0.39 is 0 Å². The Bertz CT molecular complexity index is 382. The van der Waals surface area contributed by atoms with Gasteiger partial charge in [-0.3, -0.25) is 4.79 Å². The van der Waals surface area contributed by atoms with Gasteiger partial charge < -0.3 is 0 Å². The largest absolute Gasteiger partial charge is 0.295 e. The predicted molar refractivity (Wildman–Crippen MR) is 67.2 cm³/mol. The fourth-order valence-corrected chi connectivity index (χ4v) is 3.48. The van der Waals surface area contributed by atoms with Crippen molar-refractivity contribution in [3.05, 3.63) is 22.8 Å². The highest BCUT2D eigenvalue weighted by atomic mass is 16.1. The van der Waals surface area contributed by atoms with Crippen LogP contribution in [-0.2, 0) is 4.79 Å². The molecule has 0 aromatic rings. The Morgan fingerprint density at radius 2 is 2.12 bits per heavy atom. The minimum Gasteiger partial charge on any atom is -0.295 e. The first-order valence-electron chi connectivity index (χ1n) is 6.34. The number of Topliss-reactive ketones (excluding diaryl/α,β-unsaturated/α-hetero) is 1. The highest BCUT2D eigenvalue weighted by Gasteiger charge is 2.46. The van der Waals surface area contributed by atoms with Gasteiger partial charge in [0.15, 0.2) is 5.78 Å². The van der Waals surface area contributed by atoms with Gasteiger partial charge in [0.25, 0.3) is 0 Å². The quantitative estimate of drug-likeness (QED) is 0.561. The molecule has 88 valence electrons. The first-order valence-corrected chi connectivity index (χ1v) is 6.34. The van der Waals surface area contributed by atoms with Crippen molar-refractivity contribution in [2.45, 2.75) is 53.4 Å². The number of hydrogen-bond acceptors (Lipinski definition) is 1. The lowest BCUT2D eigenvalue weighted by Gasteiger charge is -2.38. The van der Waals surface area contributed by atoms with Gasteiger partial charge in [0.05, 0.1) is 0 Å². The van der Waals surface area contributed by atoms with Gasteiger partial charge in [-0.05, 0) is 51.5 Å². The molecular weight excluding hydrogens is 196 g/mol. The summed E-state index contributed by atoms with van der Waals surface area (Å²) >= 11 is 0. The van der Waals surface area contributed by atoms with Crippen LogP contribution in [0.25, 0.3) is 0 Å². The zero-order chi connectivity index (χ0) is 11.9. The fourth-order valence-electron chi connectivity index (χ4n) is 3.48. The molecule has 16 heavy (non-hydrogen) atoms. The van der Waals surface area contributed by atoms with E-state index in [4.69, 9.17) is 0 Å². The molecule has 0 aliphatic heterocycles. The smallest absolute Gasteiger partial charge is 0.159 e. The van der Waals surface area contributed by atoms with Crippen LogP contribution in [0.3, 0.4) is 0 Å². The van der Waals surface area contributed by atoms with Crippen molar-refractivity contribution in [1.82, 2.24) is 0 Å². The molecule has 2 aliphatic rings. The van der Waals surface area contributed by atoms with Crippen LogP contribution in [0, 0.1) is 11.3 Å². The molecule has 0 unspecified atom stereocenters. The van der Waals surface area contributed by atoms with Gasteiger partial charge in [0.1, 0.15) is 0 Å². The number of carbonyl (C=O) groups excluding carboxylic acids is 1. The molecule has 0 aromatic heterocycles. The lowest BCUT2D eigenvalue weighted by molar-refractivity contribution is -0.118. The third-order valence-electron chi connectivity index (χ3n) is 4.66. The lowest BCUT2D eigenvalue weighted by atomic mass is 9.65. The Morgan fingerprint density at radius 1 is 1.44 bits per heavy atom. The molecule has 0 heterocycles. The van der Waals surface area contributed by atoms with Crippen LogP contribution in [-0.4, -0.2) is 5.78 Å². The Kier molecular flexibility index (Phi) is 2.81. The van der Waals surface area contributed by atoms with Crippen LogP contribution < -0.4 is 0 Å². The number of allylic oxidation sites excluding steroid dienone is 4. The summed E-state index contributed by atoms with van der Waals surface area (Å²) in [7, 11) is 0. The van der Waals surface area contributed by atoms with Crippen LogP contribution in [0.1, 0.15) is 53.4 Å². The van der Waals surface area contributed by atoms with Crippen molar-refractivity contribution < 1.29 is 4.79 Å². The van der Waals surface area contributed by atoms with Crippen LogP contribution in [0.5, 0.6) is 0 Å². The molecule has 2 rings (SSSR count). The summed E-state index contributed by atoms with van der Waals surface area (Å²) < 4.78 is 0. The molecule has 2 aliphatic carbocycles. The summed E-state index contributed by atoms with van der Waals surface area (Å²) in [6, 6.07) is 0. The van der Waals surface area contributed by atoms with Crippen molar-refractivity contribution in [1.29, 1.82) is 0 Å². The van der Waals surface area contributed by atoms with Gasteiger partial charge >= 0.3 is 0 Å². The maximum Gasteiger partial charge on any atom is 0.159 e. The van der Waals surface area contributed by atoms with E-state index in [1.54, 1.807) is 5.57 Å². The zero-order valence-corrected chi connectivity index (χ0v) is 10.9. The third kappa shape index (κ3) is 1.57. The van der Waals surface area contributed by atoms with E-state index in [1.807, 2.05) is 6.92 Å². The van der Waals surface area contributed by atoms with E-state index >= 15 is 0 Å². The maximum absolute atomic E-state index is 12.0. The first kappa shape index (κ1) is 11.6. The summed E-state index contributed by atoms with van der Waals surface area (Å²) in [6.45, 7) is 8.67. The van der Waals surface area contributed by atoms with Crippen molar-refractivity contribution in [2.75, 3.05) is 0 Å². The highest BCUT2D eigenvalue weighted by Crippen LogP contribution is 2.55. The summed E-state index contributed by atoms with van der Waals surface area (Å²) in [5.74, 6) is 1.02. The second-order valence-corrected chi connectivity index (χ2v) is 5.77. The minimum absolute atomic E-state index is 0.176. The molecule has 0 radical (unpaired) electrons. The molecule has 0 aromatic carbocycles. The third-order valence-corrected chi connectivity index (χ3v) is 4.66. The van der Waals surface area contributed by atoms with Crippen molar-refractivity contribution in [3.63, 3.8) is 0 Å². The van der Waals surface area contributed by atoms with Gasteiger partial charge in [0.2, 0.25) is 0 Å². The van der Waals surface area contributed by atoms with Crippen LogP contribution in [0.15, 0.2) is 22.8 Å². The Hall–Kier alpha value is -0.850. The lowest BCUT2D eigenvalue weighted by Crippen LogP contribution is -2.32. The van der Waals surface area contributed by atoms with E-state index in [2.05, 4.69) is 26.8 Å². The molecule has 0 saturated heterocycles. The molecule has 1 heteroatoms. The van der Waals surface area contributed by atoms with Gasteiger partial charge in [0, 0.05) is 11.8 Å². The van der Waals surface area contributed by atoms with E-state index in [-0.39, 0.29) is 5.41 Å². The summed E-state index contributed by atoms with van der Waals surface area (Å²) in [5, 5.41) is 0. The molecule has 1 fully saturated rings. The van der Waals surface area contributed by atoms with Crippen LogP contribution in [0.2, 0.25) is 0 Å². The zero-order valence-electron chi connectivity index (χ0n) is 10.9. The van der Waals surface area contributed by atoms with Crippen LogP contribution in [0.4, 0.5) is 0 Å². The molecule has 1 nitrogen and oxygen atoms in total. The molecule has 1 saturated carbocycles. The summed E-state index contributed by atoms with van der Waals surface area (Å²) in [4.78, 5) is 12.0. The number of ketones is 1. The summed E-state index contributed by atoms with van der Waals surface area (Å²) in [6.07, 6.45) is 6.43. The van der Waals surface area contributed by atoms with Crippen molar-refractivity contribution >= 4 is 5.78 Å². The average Bonchev–Trinajstić information content (AvgIpc) is 2.51. The first-order chi connectivity index (χ1) is 7.47. The van der Waals surface area contributed by atoms with Gasteiger partial charge in [-0.15, -0.1) is 0 Å². The van der Waals surface area contributed by atoms with Crippen molar-refractivity contribution in [3.8, 4) is 0 Å². The maximum atomic E-state index is 12.0. The topological polar surface area (TPSA) is 17.1 Å². The Balaban J connectivity index is 2.44. The number of rotatable bonds is 0. The van der Waals surface area contributed by atoms with E-state index in [0.717, 1.165) is 18.4 Å². The van der Waals surface area contributed by atoms with Crippen molar-refractivity contribution in [2.24, 2.45) is 11.3 Å². The highest BCUT2D eigenvalue weighted by molar-refractivity contribution is 5.96. The van der Waals surface area contributed by atoms with E-state index in [0.29, 0.717) is 11.7 Å². The molecule has 0 bridgehead atoms. The van der Waals surface area contributed by atoms with Gasteiger partial charge in [-0.1, -0.05) is 24.1 Å². The summed E-state index contributed by atoms with van der Waals surface area (Å²) in [5.41, 5.74) is 4.15. The van der Waals surface area contributed by atoms with E-state index in [9.17, 15) is 4.79 Å². The Morgan fingerprint density at radius 3 is 2.69 bits per heavy atom. The average molecular weight is 218 g/mol. The molecular formula is C15H22O. The number of hydrogen-bond donors (Lipinski definition) is 0. The number of carbonyl (C=O) groups is 1. The molecule has 2 atom stereocenters. The second kappa shape index (κ2) is 3.87. The second-order valence-electron chi connectivity index (χ2n) is 5.77. The Labute approximate surface area is 98.6 Å². The SMILES string of the molecule is CC1=CC[C@@]2(CC1=O)C(=C(C)C)CC[C@H]2C. The standard InChI is InChI=1S/C15H22O/c1-10(2)13-6-5-12(4)15(13)8-7-11(3)14(16)9-15/h7,12H,5-6,8-9H2,1-4H3/t12-,15+/m1/s1.